The maximum Gasteiger partial charge on any atom is 0.222 e. The maximum absolute atomic E-state index is 12.5. The molecule has 0 unspecified atom stereocenters. The van der Waals surface area contributed by atoms with Crippen LogP contribution in [0.2, 0.25) is 0 Å². The summed E-state index contributed by atoms with van der Waals surface area (Å²) in [4.78, 5) is 21.6. The topological polar surface area (TPSA) is 36.4 Å². The van der Waals surface area contributed by atoms with E-state index in [0.717, 1.165) is 51.1 Å². The van der Waals surface area contributed by atoms with E-state index in [2.05, 4.69) is 37.7 Å². The number of piperidine rings is 2. The highest BCUT2D eigenvalue weighted by Gasteiger charge is 2.38. The molecule has 4 nitrogen and oxygen atoms in total. The Morgan fingerprint density at radius 2 is 2.20 bits per heavy atom. The van der Waals surface area contributed by atoms with Crippen molar-refractivity contribution in [3.05, 3.63) is 52.5 Å². The Morgan fingerprint density at radius 3 is 3.00 bits per heavy atom. The van der Waals surface area contributed by atoms with Crippen LogP contribution >= 0.6 is 11.3 Å². The van der Waals surface area contributed by atoms with E-state index in [-0.39, 0.29) is 0 Å². The van der Waals surface area contributed by atoms with Crippen LogP contribution in [0.4, 0.5) is 0 Å². The number of fused-ring (bicyclic) bond motifs is 1. The molecule has 1 amide bonds. The normalized spacial score (nSPS) is 24.3. The number of aromatic nitrogens is 1. The number of amides is 1. The van der Waals surface area contributed by atoms with E-state index in [9.17, 15) is 4.79 Å². The number of rotatable bonds is 5. The monoisotopic (exact) mass is 355 g/mol. The van der Waals surface area contributed by atoms with Gasteiger partial charge in [0.25, 0.3) is 0 Å². The summed E-state index contributed by atoms with van der Waals surface area (Å²) in [5.41, 5.74) is 2.50. The molecule has 0 radical (unpaired) electrons. The maximum atomic E-state index is 12.5. The Kier molecular flexibility index (Phi) is 5.13. The van der Waals surface area contributed by atoms with Gasteiger partial charge in [-0.25, -0.2) is 0 Å². The molecule has 4 rings (SSSR count). The zero-order valence-corrected chi connectivity index (χ0v) is 15.3. The summed E-state index contributed by atoms with van der Waals surface area (Å²) in [6.07, 6.45) is 5.54. The molecular formula is C20H25N3OS. The molecule has 25 heavy (non-hydrogen) atoms. The number of carbonyl (C=O) groups excluding carboxylic acids is 1. The molecule has 0 spiro atoms. The third-order valence-corrected chi connectivity index (χ3v) is 6.28. The van der Waals surface area contributed by atoms with Crippen LogP contribution in [-0.4, -0.2) is 46.4 Å². The van der Waals surface area contributed by atoms with E-state index in [1.54, 1.807) is 11.3 Å². The van der Waals surface area contributed by atoms with Gasteiger partial charge in [-0.2, -0.15) is 11.3 Å². The molecule has 2 aliphatic heterocycles. The van der Waals surface area contributed by atoms with Crippen molar-refractivity contribution in [2.24, 2.45) is 5.92 Å². The fourth-order valence-corrected chi connectivity index (χ4v) is 4.94. The summed E-state index contributed by atoms with van der Waals surface area (Å²) in [5, 5.41) is 4.40. The molecule has 2 saturated heterocycles. The number of carbonyl (C=O) groups is 1. The van der Waals surface area contributed by atoms with Gasteiger partial charge in [-0.3, -0.25) is 14.7 Å². The van der Waals surface area contributed by atoms with Crippen LogP contribution < -0.4 is 0 Å². The van der Waals surface area contributed by atoms with Gasteiger partial charge in [-0.15, -0.1) is 0 Å². The van der Waals surface area contributed by atoms with Gasteiger partial charge in [0.1, 0.15) is 0 Å². The average molecular weight is 356 g/mol. The minimum absolute atomic E-state index is 0.337. The van der Waals surface area contributed by atoms with E-state index < -0.39 is 0 Å². The van der Waals surface area contributed by atoms with Crippen LogP contribution in [0, 0.1) is 5.92 Å². The molecule has 2 aromatic heterocycles. The number of nitrogens with zero attached hydrogens (tertiary/aromatic N) is 3. The van der Waals surface area contributed by atoms with Crippen LogP contribution in [0.15, 0.2) is 41.2 Å². The molecule has 2 atom stereocenters. The Morgan fingerprint density at radius 1 is 1.24 bits per heavy atom. The molecule has 0 N–H and O–H groups in total. The van der Waals surface area contributed by atoms with Crippen molar-refractivity contribution in [1.29, 1.82) is 0 Å². The summed E-state index contributed by atoms with van der Waals surface area (Å²) < 4.78 is 0. The highest BCUT2D eigenvalue weighted by atomic mass is 32.1. The Hall–Kier alpha value is -1.72. The zero-order valence-electron chi connectivity index (χ0n) is 14.5. The first-order chi connectivity index (χ1) is 12.3. The third-order valence-electron chi connectivity index (χ3n) is 5.55. The van der Waals surface area contributed by atoms with Gasteiger partial charge in [0.15, 0.2) is 0 Å². The summed E-state index contributed by atoms with van der Waals surface area (Å²) >= 11 is 1.77. The minimum atomic E-state index is 0.337. The summed E-state index contributed by atoms with van der Waals surface area (Å²) in [6, 6.07) is 8.65. The molecule has 2 fully saturated rings. The second kappa shape index (κ2) is 7.67. The van der Waals surface area contributed by atoms with Crippen LogP contribution in [0.1, 0.15) is 30.5 Å². The van der Waals surface area contributed by atoms with Crippen molar-refractivity contribution in [1.82, 2.24) is 14.8 Å². The van der Waals surface area contributed by atoms with Crippen LogP contribution in [0.3, 0.4) is 0 Å². The fourth-order valence-electron chi connectivity index (χ4n) is 4.28. The first-order valence-corrected chi connectivity index (χ1v) is 10.2. The second-order valence-electron chi connectivity index (χ2n) is 7.18. The van der Waals surface area contributed by atoms with E-state index in [4.69, 9.17) is 0 Å². The van der Waals surface area contributed by atoms with Crippen molar-refractivity contribution in [2.45, 2.75) is 38.3 Å². The molecule has 2 aromatic rings. The van der Waals surface area contributed by atoms with Crippen LogP contribution in [0.25, 0.3) is 0 Å². The largest absolute Gasteiger partial charge is 0.339 e. The lowest BCUT2D eigenvalue weighted by molar-refractivity contribution is -0.141. The third kappa shape index (κ3) is 3.93. The van der Waals surface area contributed by atoms with Gasteiger partial charge >= 0.3 is 0 Å². The smallest absolute Gasteiger partial charge is 0.222 e. The van der Waals surface area contributed by atoms with Gasteiger partial charge in [0.05, 0.1) is 0 Å². The summed E-state index contributed by atoms with van der Waals surface area (Å²) in [5.74, 6) is 0.956. The van der Waals surface area contributed by atoms with Gasteiger partial charge in [0.2, 0.25) is 5.91 Å². The Labute approximate surface area is 153 Å². The first-order valence-electron chi connectivity index (χ1n) is 9.22. The average Bonchev–Trinajstić information content (AvgIpc) is 3.15. The molecule has 4 heterocycles. The molecule has 0 aromatic carbocycles. The zero-order chi connectivity index (χ0) is 17.1. The molecule has 0 bridgehead atoms. The van der Waals surface area contributed by atoms with E-state index >= 15 is 0 Å². The van der Waals surface area contributed by atoms with Gasteiger partial charge in [-0.1, -0.05) is 6.07 Å². The fraction of sp³-hybridized carbons (Fsp3) is 0.500. The van der Waals surface area contributed by atoms with Crippen molar-refractivity contribution in [3.8, 4) is 0 Å². The summed E-state index contributed by atoms with van der Waals surface area (Å²) in [6.45, 7) is 4.06. The number of hydrogen-bond acceptors (Lipinski definition) is 4. The first kappa shape index (κ1) is 16.7. The minimum Gasteiger partial charge on any atom is -0.339 e. The predicted octanol–water partition coefficient (Wildman–Crippen LogP) is 3.20. The van der Waals surface area contributed by atoms with E-state index in [1.807, 2.05) is 18.3 Å². The van der Waals surface area contributed by atoms with Gasteiger partial charge in [0, 0.05) is 57.0 Å². The van der Waals surface area contributed by atoms with Gasteiger partial charge < -0.3 is 4.90 Å². The Balaban J connectivity index is 1.37. The van der Waals surface area contributed by atoms with Crippen LogP contribution in [0.5, 0.6) is 0 Å². The molecule has 2 aliphatic rings. The molecule has 132 valence electrons. The van der Waals surface area contributed by atoms with Crippen molar-refractivity contribution in [3.63, 3.8) is 0 Å². The molecular weight excluding hydrogens is 330 g/mol. The number of thiophene rings is 1. The lowest BCUT2D eigenvalue weighted by atomic mass is 9.83. The molecule has 0 aliphatic carbocycles. The van der Waals surface area contributed by atoms with Crippen molar-refractivity contribution in [2.75, 3.05) is 19.6 Å². The van der Waals surface area contributed by atoms with Crippen molar-refractivity contribution < 1.29 is 4.79 Å². The quantitative estimate of drug-likeness (QED) is 0.826. The second-order valence-corrected chi connectivity index (χ2v) is 7.96. The van der Waals surface area contributed by atoms with E-state index in [1.165, 1.54) is 5.56 Å². The number of likely N-dealkylation sites (tertiary alicyclic amines) is 2. The molecule has 0 saturated carbocycles. The lowest BCUT2D eigenvalue weighted by Crippen LogP contribution is -2.56. The SMILES string of the molecule is O=C1CC[C@@H]2CN(Cc3ccsc3)CC[C@@H]2N1CCc1ccccn1. The predicted molar refractivity (Wildman–Crippen MR) is 100 cm³/mol. The van der Waals surface area contributed by atoms with E-state index in [0.29, 0.717) is 24.3 Å². The Bertz CT molecular complexity index is 688. The number of hydrogen-bond donors (Lipinski definition) is 0. The highest BCUT2D eigenvalue weighted by Crippen LogP contribution is 2.32. The van der Waals surface area contributed by atoms with Gasteiger partial charge in [-0.05, 0) is 53.3 Å². The highest BCUT2D eigenvalue weighted by molar-refractivity contribution is 7.07. The lowest BCUT2D eigenvalue weighted by Gasteiger charge is -2.47. The summed E-state index contributed by atoms with van der Waals surface area (Å²) in [7, 11) is 0. The molecule has 5 heteroatoms. The number of pyridine rings is 1. The standard InChI is InChI=1S/C20H25N3OS/c24-20-5-4-17-14-22(13-16-8-12-25-15-16)10-7-19(17)23(20)11-6-18-3-1-2-9-21-18/h1-3,8-9,12,15,17,19H,4-7,10-11,13-14H2/t17-,19+/m1/s1. The van der Waals surface area contributed by atoms with Crippen molar-refractivity contribution >= 4 is 17.2 Å². The van der Waals surface area contributed by atoms with Crippen LogP contribution in [-0.2, 0) is 17.8 Å².